The van der Waals surface area contributed by atoms with Gasteiger partial charge in [0.2, 0.25) is 5.43 Å². The number of hydrogen-bond donors (Lipinski definition) is 1. The number of β-amino-alcohol motifs (C(OH)–C–C–N with tert-alkyl or cyclic N) is 1. The number of likely N-dealkylation sites (N-methyl/N-ethyl adjacent to an activating group) is 1. The number of rotatable bonds is 4. The van der Waals surface area contributed by atoms with Crippen molar-refractivity contribution in [3.05, 3.63) is 58.3 Å². The minimum absolute atomic E-state index is 0.0164. The molecule has 5 heteroatoms. The highest BCUT2D eigenvalue weighted by Crippen LogP contribution is 2.20. The van der Waals surface area contributed by atoms with E-state index in [1.807, 2.05) is 36.4 Å². The smallest absolute Gasteiger partial charge is 0.200 e. The molecular weight excluding hydrogens is 328 g/mol. The third kappa shape index (κ3) is 3.51. The molecule has 0 amide bonds. The molecule has 1 atom stereocenters. The molecule has 1 aliphatic rings. The molecular formula is C21H24N2O3. The molecule has 4 rings (SSSR count). The van der Waals surface area contributed by atoms with Crippen molar-refractivity contribution in [2.75, 3.05) is 39.8 Å². The molecule has 3 aromatic rings. The Bertz CT molecular complexity index is 974. The van der Waals surface area contributed by atoms with Gasteiger partial charge in [-0.15, -0.1) is 0 Å². The molecule has 1 saturated heterocycles. The summed E-state index contributed by atoms with van der Waals surface area (Å²) in [5, 5.41) is 11.6. The van der Waals surface area contributed by atoms with Crippen LogP contribution in [-0.4, -0.2) is 60.8 Å². The fourth-order valence-electron chi connectivity index (χ4n) is 3.64. The highest BCUT2D eigenvalue weighted by Gasteiger charge is 2.17. The Morgan fingerprint density at radius 3 is 2.58 bits per heavy atom. The molecule has 1 N–H and O–H groups in total. The van der Waals surface area contributed by atoms with Gasteiger partial charge in [0.25, 0.3) is 0 Å². The standard InChI is InChI=1S/C21H24N2O3/c1-22-8-10-23(11-9-22)14-16(24)12-15-6-7-20-18(13-15)21(25)17-4-2-3-5-19(17)26-20/h2-7,13,16,24H,8-12,14H2,1H3. The van der Waals surface area contributed by atoms with Crippen LogP contribution in [0.4, 0.5) is 0 Å². The van der Waals surface area contributed by atoms with E-state index in [1.54, 1.807) is 6.07 Å². The highest BCUT2D eigenvalue weighted by molar-refractivity contribution is 5.89. The van der Waals surface area contributed by atoms with Gasteiger partial charge in [0.15, 0.2) is 0 Å². The van der Waals surface area contributed by atoms with Gasteiger partial charge in [-0.25, -0.2) is 0 Å². The highest BCUT2D eigenvalue weighted by atomic mass is 16.3. The number of fused-ring (bicyclic) bond motifs is 2. The number of aliphatic hydroxyl groups is 1. The van der Waals surface area contributed by atoms with Gasteiger partial charge in [0.05, 0.1) is 16.9 Å². The lowest BCUT2D eigenvalue weighted by Gasteiger charge is -2.33. The Kier molecular flexibility index (Phi) is 4.76. The lowest BCUT2D eigenvalue weighted by molar-refractivity contribution is 0.0808. The average molecular weight is 352 g/mol. The lowest BCUT2D eigenvalue weighted by Crippen LogP contribution is -2.47. The Morgan fingerprint density at radius 1 is 1.04 bits per heavy atom. The third-order valence-corrected chi connectivity index (χ3v) is 5.18. The van der Waals surface area contributed by atoms with E-state index in [4.69, 9.17) is 4.42 Å². The van der Waals surface area contributed by atoms with Gasteiger partial charge in [-0.1, -0.05) is 18.2 Å². The van der Waals surface area contributed by atoms with E-state index in [1.165, 1.54) is 0 Å². The van der Waals surface area contributed by atoms with Crippen LogP contribution in [0.25, 0.3) is 21.9 Å². The zero-order valence-electron chi connectivity index (χ0n) is 15.0. The predicted octanol–water partition coefficient (Wildman–Crippen LogP) is 2.10. The summed E-state index contributed by atoms with van der Waals surface area (Å²) in [6.45, 7) is 4.72. The van der Waals surface area contributed by atoms with Crippen LogP contribution < -0.4 is 5.43 Å². The minimum atomic E-state index is -0.441. The van der Waals surface area contributed by atoms with Gasteiger partial charge in [0.1, 0.15) is 11.2 Å². The van der Waals surface area contributed by atoms with Gasteiger partial charge in [-0.2, -0.15) is 0 Å². The van der Waals surface area contributed by atoms with E-state index >= 15 is 0 Å². The third-order valence-electron chi connectivity index (χ3n) is 5.18. The Hall–Kier alpha value is -2.21. The first-order valence-corrected chi connectivity index (χ1v) is 9.13. The largest absolute Gasteiger partial charge is 0.456 e. The normalized spacial score (nSPS) is 17.8. The summed E-state index contributed by atoms with van der Waals surface area (Å²) in [5.41, 5.74) is 2.14. The van der Waals surface area contributed by atoms with Crippen molar-refractivity contribution in [2.45, 2.75) is 12.5 Å². The van der Waals surface area contributed by atoms with Crippen LogP contribution in [0.2, 0.25) is 0 Å². The quantitative estimate of drug-likeness (QED) is 0.729. The maximum absolute atomic E-state index is 12.7. The topological polar surface area (TPSA) is 56.9 Å². The second-order valence-corrected chi connectivity index (χ2v) is 7.22. The van der Waals surface area contributed by atoms with Crippen LogP contribution in [0.3, 0.4) is 0 Å². The van der Waals surface area contributed by atoms with Crippen LogP contribution >= 0.6 is 0 Å². The van der Waals surface area contributed by atoms with Crippen molar-refractivity contribution in [1.29, 1.82) is 0 Å². The van der Waals surface area contributed by atoms with Crippen molar-refractivity contribution in [2.24, 2.45) is 0 Å². The van der Waals surface area contributed by atoms with Gasteiger partial charge < -0.3 is 14.4 Å². The molecule has 0 radical (unpaired) electrons. The summed E-state index contributed by atoms with van der Waals surface area (Å²) >= 11 is 0. The van der Waals surface area contributed by atoms with E-state index in [0.717, 1.165) is 31.7 Å². The molecule has 1 aliphatic heterocycles. The number of hydrogen-bond acceptors (Lipinski definition) is 5. The Labute approximate surface area is 152 Å². The SMILES string of the molecule is CN1CCN(CC(O)Cc2ccc3oc4ccccc4c(=O)c3c2)CC1. The van der Waals surface area contributed by atoms with Gasteiger partial charge in [-0.05, 0) is 43.3 Å². The number of piperazine rings is 1. The molecule has 1 aromatic heterocycles. The zero-order valence-corrected chi connectivity index (χ0v) is 15.0. The molecule has 1 fully saturated rings. The zero-order chi connectivity index (χ0) is 18.1. The average Bonchev–Trinajstić information content (AvgIpc) is 2.64. The molecule has 0 spiro atoms. The number of aliphatic hydroxyl groups excluding tert-OH is 1. The monoisotopic (exact) mass is 352 g/mol. The minimum Gasteiger partial charge on any atom is -0.456 e. The molecule has 1 unspecified atom stereocenters. The van der Waals surface area contributed by atoms with E-state index in [0.29, 0.717) is 34.9 Å². The number of benzene rings is 2. The van der Waals surface area contributed by atoms with E-state index in [-0.39, 0.29) is 5.43 Å². The maximum atomic E-state index is 12.7. The number of nitrogens with zero attached hydrogens (tertiary/aromatic N) is 2. The summed E-state index contributed by atoms with van der Waals surface area (Å²) in [6, 6.07) is 12.9. The first kappa shape index (κ1) is 17.2. The van der Waals surface area contributed by atoms with Gasteiger partial charge >= 0.3 is 0 Å². The molecule has 2 aromatic carbocycles. The summed E-state index contributed by atoms with van der Waals surface area (Å²) in [5.74, 6) is 0. The lowest BCUT2D eigenvalue weighted by atomic mass is 10.0. The van der Waals surface area contributed by atoms with E-state index < -0.39 is 6.10 Å². The van der Waals surface area contributed by atoms with Crippen molar-refractivity contribution < 1.29 is 9.52 Å². The van der Waals surface area contributed by atoms with Gasteiger partial charge in [-0.3, -0.25) is 9.69 Å². The summed E-state index contributed by atoms with van der Waals surface area (Å²) < 4.78 is 5.84. The molecule has 5 nitrogen and oxygen atoms in total. The fraction of sp³-hybridized carbons (Fsp3) is 0.381. The second kappa shape index (κ2) is 7.19. The summed E-state index contributed by atoms with van der Waals surface area (Å²) in [7, 11) is 2.12. The molecule has 26 heavy (non-hydrogen) atoms. The first-order valence-electron chi connectivity index (χ1n) is 9.13. The first-order chi connectivity index (χ1) is 12.6. The van der Waals surface area contributed by atoms with Crippen LogP contribution in [0, 0.1) is 0 Å². The predicted molar refractivity (Wildman–Crippen MR) is 104 cm³/mol. The van der Waals surface area contributed by atoms with E-state index in [9.17, 15) is 9.90 Å². The van der Waals surface area contributed by atoms with Crippen molar-refractivity contribution in [3.63, 3.8) is 0 Å². The van der Waals surface area contributed by atoms with Crippen LogP contribution in [0.15, 0.2) is 51.7 Å². The molecule has 136 valence electrons. The van der Waals surface area contributed by atoms with Crippen LogP contribution in [-0.2, 0) is 6.42 Å². The van der Waals surface area contributed by atoms with Crippen molar-refractivity contribution >= 4 is 21.9 Å². The van der Waals surface area contributed by atoms with Crippen molar-refractivity contribution in [1.82, 2.24) is 9.80 Å². The summed E-state index contributed by atoms with van der Waals surface area (Å²) in [4.78, 5) is 17.3. The summed E-state index contributed by atoms with van der Waals surface area (Å²) in [6.07, 6.45) is 0.0949. The van der Waals surface area contributed by atoms with Gasteiger partial charge in [0, 0.05) is 32.7 Å². The maximum Gasteiger partial charge on any atom is 0.200 e. The number of para-hydroxylation sites is 1. The van der Waals surface area contributed by atoms with E-state index in [2.05, 4.69) is 16.8 Å². The molecule has 0 saturated carbocycles. The molecule has 2 heterocycles. The Morgan fingerprint density at radius 2 is 1.77 bits per heavy atom. The van der Waals surface area contributed by atoms with Crippen LogP contribution in [0.5, 0.6) is 0 Å². The fourth-order valence-corrected chi connectivity index (χ4v) is 3.64. The van der Waals surface area contributed by atoms with Crippen LogP contribution in [0.1, 0.15) is 5.56 Å². The van der Waals surface area contributed by atoms with Crippen molar-refractivity contribution in [3.8, 4) is 0 Å². The second-order valence-electron chi connectivity index (χ2n) is 7.22. The molecule has 0 bridgehead atoms. The molecule has 0 aliphatic carbocycles. The Balaban J connectivity index is 1.54.